The lowest BCUT2D eigenvalue weighted by atomic mass is 9.68. The number of rotatable bonds is 0. The quantitative estimate of drug-likeness (QED) is 0.561. The lowest BCUT2D eigenvalue weighted by molar-refractivity contribution is 0.135. The highest BCUT2D eigenvalue weighted by molar-refractivity contribution is 5.26. The predicted molar refractivity (Wildman–Crippen MR) is 86.2 cm³/mol. The van der Waals surface area contributed by atoms with Gasteiger partial charge in [0, 0.05) is 24.7 Å². The molecular formula is C18H35N. The summed E-state index contributed by atoms with van der Waals surface area (Å²) in [5.41, 5.74) is 4.22. The average molecular weight is 265 g/mol. The first-order chi connectivity index (χ1) is 8.21. The van der Waals surface area contributed by atoms with E-state index in [0.717, 1.165) is 5.92 Å². The first kappa shape index (κ1) is 16.6. The van der Waals surface area contributed by atoms with Gasteiger partial charge in [-0.25, -0.2) is 0 Å². The molecule has 0 aliphatic carbocycles. The molecule has 0 saturated carbocycles. The van der Waals surface area contributed by atoms with E-state index in [1.165, 1.54) is 38.8 Å². The van der Waals surface area contributed by atoms with Crippen LogP contribution in [0.4, 0.5) is 0 Å². The Bertz CT molecular complexity index is 338. The molecule has 0 aromatic heterocycles. The molecule has 1 saturated heterocycles. The van der Waals surface area contributed by atoms with Gasteiger partial charge in [0.2, 0.25) is 0 Å². The highest BCUT2D eigenvalue weighted by atomic mass is 15.2. The first-order valence-corrected chi connectivity index (χ1v) is 7.70. The first-order valence-electron chi connectivity index (χ1n) is 7.70. The fraction of sp³-hybridized carbons (Fsp3) is 0.889. The normalized spacial score (nSPS) is 24.9. The average Bonchev–Trinajstić information content (AvgIpc) is 2.24. The van der Waals surface area contributed by atoms with Gasteiger partial charge in [0.1, 0.15) is 0 Å². The summed E-state index contributed by atoms with van der Waals surface area (Å²) in [7, 11) is 0. The van der Waals surface area contributed by atoms with Crippen LogP contribution in [0.25, 0.3) is 0 Å². The van der Waals surface area contributed by atoms with Gasteiger partial charge in [-0.1, -0.05) is 49.0 Å². The number of nitrogens with zero attached hydrogens (tertiary/aromatic N) is 1. The molecule has 1 fully saturated rings. The van der Waals surface area contributed by atoms with Crippen molar-refractivity contribution >= 4 is 0 Å². The molecule has 0 bridgehead atoms. The molecule has 0 amide bonds. The van der Waals surface area contributed by atoms with Crippen LogP contribution in [0.15, 0.2) is 11.3 Å². The van der Waals surface area contributed by atoms with Crippen LogP contribution in [0.2, 0.25) is 0 Å². The van der Waals surface area contributed by atoms with Crippen molar-refractivity contribution in [2.75, 3.05) is 13.1 Å². The van der Waals surface area contributed by atoms with Crippen molar-refractivity contribution in [3.05, 3.63) is 11.3 Å². The maximum absolute atomic E-state index is 2.71. The number of piperidine rings is 1. The van der Waals surface area contributed by atoms with Crippen molar-refractivity contribution in [3.8, 4) is 0 Å². The second-order valence-electron chi connectivity index (χ2n) is 8.27. The Hall–Kier alpha value is -0.460. The molecule has 0 radical (unpaired) electrons. The molecule has 2 rings (SSSR count). The Kier molecular flexibility index (Phi) is 4.80. The molecule has 19 heavy (non-hydrogen) atoms. The smallest absolute Gasteiger partial charge is 0.0178 e. The summed E-state index contributed by atoms with van der Waals surface area (Å²) >= 11 is 0. The SMILES string of the molecule is C.CC(C)(C)C1=C2C(C(C)(C)C)CCCN2CCC1. The Labute approximate surface area is 121 Å². The van der Waals surface area contributed by atoms with Crippen LogP contribution in [-0.4, -0.2) is 18.0 Å². The zero-order chi connectivity index (χ0) is 13.6. The lowest BCUT2D eigenvalue weighted by Gasteiger charge is -2.48. The second kappa shape index (κ2) is 5.50. The van der Waals surface area contributed by atoms with Crippen molar-refractivity contribution in [3.63, 3.8) is 0 Å². The number of allylic oxidation sites excluding steroid dienone is 2. The van der Waals surface area contributed by atoms with E-state index in [9.17, 15) is 0 Å². The molecule has 1 nitrogen and oxygen atoms in total. The molecule has 2 aliphatic rings. The summed E-state index contributed by atoms with van der Waals surface area (Å²) in [5, 5.41) is 0. The molecule has 1 heteroatoms. The number of hydrogen-bond donors (Lipinski definition) is 0. The molecule has 0 aromatic carbocycles. The van der Waals surface area contributed by atoms with Gasteiger partial charge in [-0.2, -0.15) is 0 Å². The number of hydrogen-bond acceptors (Lipinski definition) is 1. The molecule has 1 atom stereocenters. The van der Waals surface area contributed by atoms with Crippen molar-refractivity contribution in [2.24, 2.45) is 16.7 Å². The van der Waals surface area contributed by atoms with Crippen LogP contribution in [0.5, 0.6) is 0 Å². The molecule has 112 valence electrons. The molecule has 0 N–H and O–H groups in total. The fourth-order valence-corrected chi connectivity index (χ4v) is 3.77. The molecule has 0 spiro atoms. The van der Waals surface area contributed by atoms with Crippen molar-refractivity contribution < 1.29 is 0 Å². The Morgan fingerprint density at radius 2 is 1.53 bits per heavy atom. The maximum Gasteiger partial charge on any atom is 0.0178 e. The van der Waals surface area contributed by atoms with Crippen LogP contribution in [0.3, 0.4) is 0 Å². The third-order valence-electron chi connectivity index (χ3n) is 4.71. The molecule has 1 unspecified atom stereocenters. The topological polar surface area (TPSA) is 3.24 Å². The molecule has 2 aliphatic heterocycles. The molecule has 0 aromatic rings. The minimum atomic E-state index is 0. The van der Waals surface area contributed by atoms with Gasteiger partial charge < -0.3 is 4.90 Å². The van der Waals surface area contributed by atoms with Gasteiger partial charge in [-0.15, -0.1) is 0 Å². The minimum Gasteiger partial charge on any atom is -0.375 e. The summed E-state index contributed by atoms with van der Waals surface area (Å²) in [6, 6.07) is 0. The van der Waals surface area contributed by atoms with E-state index >= 15 is 0 Å². The van der Waals surface area contributed by atoms with E-state index in [4.69, 9.17) is 0 Å². The highest BCUT2D eigenvalue weighted by Gasteiger charge is 2.39. The van der Waals surface area contributed by atoms with Gasteiger partial charge in [0.15, 0.2) is 0 Å². The fourth-order valence-electron chi connectivity index (χ4n) is 3.77. The summed E-state index contributed by atoms with van der Waals surface area (Å²) in [4.78, 5) is 2.71. The maximum atomic E-state index is 2.71. The third-order valence-corrected chi connectivity index (χ3v) is 4.71. The monoisotopic (exact) mass is 265 g/mol. The summed E-state index contributed by atoms with van der Waals surface area (Å²) in [6.45, 7) is 17.0. The van der Waals surface area contributed by atoms with E-state index in [1.54, 1.807) is 11.3 Å². The minimum absolute atomic E-state index is 0. The Morgan fingerprint density at radius 3 is 2.05 bits per heavy atom. The van der Waals surface area contributed by atoms with Crippen LogP contribution in [0, 0.1) is 16.7 Å². The molecule has 2 heterocycles. The van der Waals surface area contributed by atoms with Crippen molar-refractivity contribution in [2.45, 2.75) is 74.7 Å². The second-order valence-corrected chi connectivity index (χ2v) is 8.27. The van der Waals surface area contributed by atoms with Gasteiger partial charge in [0.05, 0.1) is 0 Å². The zero-order valence-corrected chi connectivity index (χ0v) is 13.3. The van der Waals surface area contributed by atoms with E-state index in [-0.39, 0.29) is 7.43 Å². The Balaban J connectivity index is 0.00000180. The van der Waals surface area contributed by atoms with Gasteiger partial charge in [0.25, 0.3) is 0 Å². The summed E-state index contributed by atoms with van der Waals surface area (Å²) in [6.07, 6.45) is 5.44. The summed E-state index contributed by atoms with van der Waals surface area (Å²) in [5.74, 6) is 0.765. The van der Waals surface area contributed by atoms with Crippen molar-refractivity contribution in [1.29, 1.82) is 0 Å². The van der Waals surface area contributed by atoms with Gasteiger partial charge in [-0.3, -0.25) is 0 Å². The zero-order valence-electron chi connectivity index (χ0n) is 13.3. The standard InChI is InChI=1S/C17H31N.CH4/c1-16(2,3)13-9-7-11-18-12-8-10-14(15(13)18)17(4,5)6;/h13H,7-12H2,1-6H3;1H4. The van der Waals surface area contributed by atoms with Crippen LogP contribution in [0.1, 0.15) is 74.7 Å². The van der Waals surface area contributed by atoms with Crippen LogP contribution >= 0.6 is 0 Å². The molecular weight excluding hydrogens is 230 g/mol. The van der Waals surface area contributed by atoms with E-state index in [0.29, 0.717) is 10.8 Å². The van der Waals surface area contributed by atoms with Crippen LogP contribution < -0.4 is 0 Å². The lowest BCUT2D eigenvalue weighted by Crippen LogP contribution is -2.43. The van der Waals surface area contributed by atoms with E-state index < -0.39 is 0 Å². The number of fused-ring (bicyclic) bond motifs is 1. The van der Waals surface area contributed by atoms with E-state index in [2.05, 4.69) is 46.4 Å². The highest BCUT2D eigenvalue weighted by Crippen LogP contribution is 2.47. The largest absolute Gasteiger partial charge is 0.375 e. The predicted octanol–water partition coefficient (Wildman–Crippen LogP) is 5.47. The van der Waals surface area contributed by atoms with Crippen molar-refractivity contribution in [1.82, 2.24) is 4.90 Å². The van der Waals surface area contributed by atoms with Crippen LogP contribution in [-0.2, 0) is 0 Å². The van der Waals surface area contributed by atoms with E-state index in [1.807, 2.05) is 0 Å². The van der Waals surface area contributed by atoms with Gasteiger partial charge in [-0.05, 0) is 42.1 Å². The summed E-state index contributed by atoms with van der Waals surface area (Å²) < 4.78 is 0. The van der Waals surface area contributed by atoms with Gasteiger partial charge >= 0.3 is 0 Å². The Morgan fingerprint density at radius 1 is 0.947 bits per heavy atom. The third kappa shape index (κ3) is 3.35.